The van der Waals surface area contributed by atoms with Crippen molar-refractivity contribution < 1.29 is 19.4 Å². The van der Waals surface area contributed by atoms with Gasteiger partial charge in [0.05, 0.1) is 12.7 Å². The summed E-state index contributed by atoms with van der Waals surface area (Å²) in [4.78, 5) is 12.0. The quantitative estimate of drug-likeness (QED) is 0.730. The molecule has 0 unspecified atom stereocenters. The fourth-order valence-corrected chi connectivity index (χ4v) is 3.09. The lowest BCUT2D eigenvalue weighted by Crippen LogP contribution is -1.95. The second-order valence-electron chi connectivity index (χ2n) is 5.49. The molecule has 1 heterocycles. The van der Waals surface area contributed by atoms with E-state index in [0.29, 0.717) is 5.56 Å². The third-order valence-electron chi connectivity index (χ3n) is 4.16. The number of rotatable bonds is 2. The van der Waals surface area contributed by atoms with Gasteiger partial charge in [-0.2, -0.15) is 0 Å². The molecule has 3 aromatic carbocycles. The topological polar surface area (TPSA) is 55.8 Å². The van der Waals surface area contributed by atoms with Crippen molar-refractivity contribution in [3.05, 3.63) is 59.7 Å². The van der Waals surface area contributed by atoms with Gasteiger partial charge in [0.1, 0.15) is 18.1 Å². The standard InChI is InChI=1S/C19H14O4/c1-22-14-4-2-3-11(8-14)18-15-6-5-13(20)7-12(15)9-16-17(18)10-23-19(16)21/h2-9,20H,10H2,1H3. The summed E-state index contributed by atoms with van der Waals surface area (Å²) >= 11 is 0. The van der Waals surface area contributed by atoms with Gasteiger partial charge in [-0.25, -0.2) is 4.79 Å². The van der Waals surface area contributed by atoms with Crippen LogP contribution in [0.4, 0.5) is 0 Å². The summed E-state index contributed by atoms with van der Waals surface area (Å²) in [6.45, 7) is 0.261. The molecule has 0 spiro atoms. The van der Waals surface area contributed by atoms with Crippen molar-refractivity contribution in [1.29, 1.82) is 0 Å². The van der Waals surface area contributed by atoms with Gasteiger partial charge in [0.2, 0.25) is 0 Å². The summed E-state index contributed by atoms with van der Waals surface area (Å²) in [7, 11) is 1.62. The summed E-state index contributed by atoms with van der Waals surface area (Å²) in [5.74, 6) is 0.590. The first-order chi connectivity index (χ1) is 11.2. The zero-order valence-electron chi connectivity index (χ0n) is 12.5. The maximum Gasteiger partial charge on any atom is 0.338 e. The van der Waals surface area contributed by atoms with Gasteiger partial charge in [0.15, 0.2) is 0 Å². The first-order valence-corrected chi connectivity index (χ1v) is 7.27. The van der Waals surface area contributed by atoms with Crippen molar-refractivity contribution in [2.24, 2.45) is 0 Å². The predicted octanol–water partition coefficient (Wildman–Crippen LogP) is 3.89. The van der Waals surface area contributed by atoms with Crippen molar-refractivity contribution in [2.75, 3.05) is 7.11 Å². The Labute approximate surface area is 132 Å². The molecule has 4 heteroatoms. The van der Waals surface area contributed by atoms with E-state index in [1.54, 1.807) is 25.3 Å². The molecular formula is C19H14O4. The first-order valence-electron chi connectivity index (χ1n) is 7.27. The lowest BCUT2D eigenvalue weighted by atomic mass is 9.90. The van der Waals surface area contributed by atoms with E-state index in [9.17, 15) is 9.90 Å². The van der Waals surface area contributed by atoms with E-state index in [1.165, 1.54) is 0 Å². The van der Waals surface area contributed by atoms with Gasteiger partial charge in [0, 0.05) is 5.56 Å². The third-order valence-corrected chi connectivity index (χ3v) is 4.16. The number of cyclic esters (lactones) is 1. The molecule has 0 amide bonds. The fourth-order valence-electron chi connectivity index (χ4n) is 3.09. The molecule has 0 saturated carbocycles. The van der Waals surface area contributed by atoms with E-state index < -0.39 is 0 Å². The van der Waals surface area contributed by atoms with Gasteiger partial charge in [0.25, 0.3) is 0 Å². The van der Waals surface area contributed by atoms with Crippen LogP contribution in [0.5, 0.6) is 11.5 Å². The Kier molecular flexibility index (Phi) is 2.98. The predicted molar refractivity (Wildman–Crippen MR) is 86.7 cm³/mol. The highest BCUT2D eigenvalue weighted by Gasteiger charge is 2.26. The molecule has 114 valence electrons. The van der Waals surface area contributed by atoms with Crippen molar-refractivity contribution >= 4 is 16.7 Å². The Morgan fingerprint density at radius 2 is 2.00 bits per heavy atom. The van der Waals surface area contributed by atoms with Crippen LogP contribution in [-0.4, -0.2) is 18.2 Å². The van der Waals surface area contributed by atoms with Crippen LogP contribution in [0, 0.1) is 0 Å². The number of fused-ring (bicyclic) bond motifs is 2. The van der Waals surface area contributed by atoms with Gasteiger partial charge in [-0.1, -0.05) is 18.2 Å². The minimum absolute atomic E-state index is 0.167. The molecule has 0 bridgehead atoms. The number of ether oxygens (including phenoxy) is 2. The molecule has 1 aliphatic heterocycles. The van der Waals surface area contributed by atoms with Gasteiger partial charge in [-0.05, 0) is 52.2 Å². The number of aromatic hydroxyl groups is 1. The number of carbonyl (C=O) groups excluding carboxylic acids is 1. The highest BCUT2D eigenvalue weighted by Crippen LogP contribution is 2.39. The van der Waals surface area contributed by atoms with Crippen LogP contribution in [0.15, 0.2) is 48.5 Å². The maximum absolute atomic E-state index is 12.0. The smallest absolute Gasteiger partial charge is 0.338 e. The second-order valence-corrected chi connectivity index (χ2v) is 5.49. The molecule has 4 nitrogen and oxygen atoms in total. The van der Waals surface area contributed by atoms with Crippen LogP contribution in [-0.2, 0) is 11.3 Å². The number of esters is 1. The van der Waals surface area contributed by atoms with E-state index in [2.05, 4.69) is 0 Å². The second kappa shape index (κ2) is 5.02. The van der Waals surface area contributed by atoms with Crippen molar-refractivity contribution in [2.45, 2.75) is 6.61 Å². The zero-order chi connectivity index (χ0) is 16.0. The van der Waals surface area contributed by atoms with Crippen LogP contribution in [0.3, 0.4) is 0 Å². The van der Waals surface area contributed by atoms with Gasteiger partial charge in [-0.3, -0.25) is 0 Å². The van der Waals surface area contributed by atoms with Crippen LogP contribution in [0.25, 0.3) is 21.9 Å². The number of phenolic OH excluding ortho intramolecular Hbond substituents is 1. The van der Waals surface area contributed by atoms with E-state index in [0.717, 1.165) is 33.2 Å². The van der Waals surface area contributed by atoms with Gasteiger partial charge >= 0.3 is 5.97 Å². The summed E-state index contributed by atoms with van der Waals surface area (Å²) in [6.07, 6.45) is 0. The first kappa shape index (κ1) is 13.6. The van der Waals surface area contributed by atoms with Crippen LogP contribution in [0.2, 0.25) is 0 Å². The van der Waals surface area contributed by atoms with Crippen LogP contribution in [0.1, 0.15) is 15.9 Å². The maximum atomic E-state index is 12.0. The Balaban J connectivity index is 2.09. The van der Waals surface area contributed by atoms with Crippen LogP contribution >= 0.6 is 0 Å². The number of hydrogen-bond acceptors (Lipinski definition) is 4. The SMILES string of the molecule is COc1cccc(-c2c3c(cc4cc(O)ccc24)C(=O)OC3)c1. The molecule has 3 aromatic rings. The molecular weight excluding hydrogens is 292 g/mol. The molecule has 0 fully saturated rings. The highest BCUT2D eigenvalue weighted by atomic mass is 16.5. The Morgan fingerprint density at radius 1 is 1.13 bits per heavy atom. The Morgan fingerprint density at radius 3 is 2.83 bits per heavy atom. The minimum atomic E-state index is -0.325. The monoisotopic (exact) mass is 306 g/mol. The Hall–Kier alpha value is -3.01. The number of methoxy groups -OCH3 is 1. The average Bonchev–Trinajstić information content (AvgIpc) is 2.93. The summed E-state index contributed by atoms with van der Waals surface area (Å²) < 4.78 is 10.5. The third kappa shape index (κ3) is 2.11. The zero-order valence-corrected chi connectivity index (χ0v) is 12.5. The number of carbonyl (C=O) groups is 1. The number of benzene rings is 3. The summed E-state index contributed by atoms with van der Waals surface area (Å²) in [5, 5.41) is 11.5. The molecule has 1 aliphatic rings. The molecule has 0 saturated heterocycles. The summed E-state index contributed by atoms with van der Waals surface area (Å²) in [5.41, 5.74) is 3.33. The minimum Gasteiger partial charge on any atom is -0.508 e. The van der Waals surface area contributed by atoms with E-state index in [1.807, 2.05) is 30.3 Å². The molecule has 0 radical (unpaired) electrons. The molecule has 0 aromatic heterocycles. The Bertz CT molecular complexity index is 943. The molecule has 4 rings (SSSR count). The molecule has 0 atom stereocenters. The van der Waals surface area contributed by atoms with Crippen LogP contribution < -0.4 is 4.74 Å². The van der Waals surface area contributed by atoms with Gasteiger partial charge in [-0.15, -0.1) is 0 Å². The molecule has 0 aliphatic carbocycles. The highest BCUT2D eigenvalue weighted by molar-refractivity contribution is 6.07. The summed E-state index contributed by atoms with van der Waals surface area (Å²) in [6, 6.07) is 14.7. The normalized spacial score (nSPS) is 13.0. The van der Waals surface area contributed by atoms with Crippen molar-refractivity contribution in [3.63, 3.8) is 0 Å². The van der Waals surface area contributed by atoms with Crippen molar-refractivity contribution in [1.82, 2.24) is 0 Å². The van der Waals surface area contributed by atoms with Gasteiger partial charge < -0.3 is 14.6 Å². The molecule has 23 heavy (non-hydrogen) atoms. The molecule has 1 N–H and O–H groups in total. The largest absolute Gasteiger partial charge is 0.508 e. The van der Waals surface area contributed by atoms with Crippen molar-refractivity contribution in [3.8, 4) is 22.6 Å². The van der Waals surface area contributed by atoms with E-state index in [-0.39, 0.29) is 18.3 Å². The lowest BCUT2D eigenvalue weighted by Gasteiger charge is -2.13. The average molecular weight is 306 g/mol. The van der Waals surface area contributed by atoms with E-state index in [4.69, 9.17) is 9.47 Å². The number of phenols is 1. The fraction of sp³-hybridized carbons (Fsp3) is 0.105. The van der Waals surface area contributed by atoms with E-state index >= 15 is 0 Å². The number of hydrogen-bond donors (Lipinski definition) is 1. The lowest BCUT2D eigenvalue weighted by molar-refractivity contribution is 0.0535.